The Bertz CT molecular complexity index is 381. The molecule has 0 N–H and O–H groups in total. The highest BCUT2D eigenvalue weighted by Gasteiger charge is 2.39. The van der Waals surface area contributed by atoms with Crippen molar-refractivity contribution in [2.24, 2.45) is 5.92 Å². The van der Waals surface area contributed by atoms with Gasteiger partial charge in [-0.05, 0) is 25.7 Å². The lowest BCUT2D eigenvalue weighted by Crippen LogP contribution is -2.40. The van der Waals surface area contributed by atoms with Crippen molar-refractivity contribution in [1.29, 1.82) is 0 Å². The van der Waals surface area contributed by atoms with E-state index >= 15 is 0 Å². The Morgan fingerprint density at radius 3 is 2.56 bits per heavy atom. The molecule has 106 valence electrons. The molecule has 1 saturated carbocycles. The number of carbonyl (C=O) groups excluding carboxylic acids is 1. The lowest BCUT2D eigenvalue weighted by Gasteiger charge is -2.22. The van der Waals surface area contributed by atoms with Crippen molar-refractivity contribution < 1.29 is 17.9 Å². The molecule has 0 radical (unpaired) electrons. The summed E-state index contributed by atoms with van der Waals surface area (Å²) in [6.45, 7) is 3.55. The second-order valence-electron chi connectivity index (χ2n) is 4.62. The molecule has 0 aromatic heterocycles. The van der Waals surface area contributed by atoms with Crippen LogP contribution in [-0.2, 0) is 19.6 Å². The minimum Gasteiger partial charge on any atom is -0.465 e. The van der Waals surface area contributed by atoms with Crippen LogP contribution in [0.15, 0.2) is 0 Å². The molecule has 1 atom stereocenters. The number of rotatable bonds is 8. The second-order valence-corrected chi connectivity index (χ2v) is 6.89. The maximum absolute atomic E-state index is 12.2. The van der Waals surface area contributed by atoms with Crippen LogP contribution < -0.4 is 0 Å². The van der Waals surface area contributed by atoms with Crippen molar-refractivity contribution in [3.8, 4) is 0 Å². The monoisotopic (exact) mass is 297 g/mol. The van der Waals surface area contributed by atoms with Gasteiger partial charge in [-0.25, -0.2) is 8.42 Å². The molecule has 0 aromatic carbocycles. The molecule has 1 fully saturated rings. The van der Waals surface area contributed by atoms with Crippen LogP contribution in [0, 0.1) is 5.92 Å². The van der Waals surface area contributed by atoms with E-state index in [1.807, 2.05) is 0 Å². The predicted octanol–water partition coefficient (Wildman–Crippen LogP) is 1.22. The number of halogens is 1. The van der Waals surface area contributed by atoms with Gasteiger partial charge in [-0.1, -0.05) is 6.92 Å². The maximum atomic E-state index is 12.2. The van der Waals surface area contributed by atoms with Crippen molar-refractivity contribution in [2.75, 3.05) is 24.8 Å². The third kappa shape index (κ3) is 4.74. The molecule has 0 amide bonds. The van der Waals surface area contributed by atoms with Crippen molar-refractivity contribution in [1.82, 2.24) is 4.31 Å². The summed E-state index contributed by atoms with van der Waals surface area (Å²) in [6, 6.07) is -0.0399. The predicted molar refractivity (Wildman–Crippen MR) is 70.0 cm³/mol. The van der Waals surface area contributed by atoms with Gasteiger partial charge in [0.1, 0.15) is 6.54 Å². The first-order valence-electron chi connectivity index (χ1n) is 6.11. The van der Waals surface area contributed by atoms with Crippen molar-refractivity contribution >= 4 is 27.6 Å². The molecule has 0 saturated heterocycles. The number of nitrogens with zero attached hydrogens (tertiary/aromatic N) is 1. The van der Waals surface area contributed by atoms with Gasteiger partial charge >= 0.3 is 5.97 Å². The van der Waals surface area contributed by atoms with Crippen LogP contribution >= 0.6 is 11.6 Å². The van der Waals surface area contributed by atoms with Gasteiger partial charge in [0.2, 0.25) is 10.0 Å². The van der Waals surface area contributed by atoms with E-state index in [9.17, 15) is 13.2 Å². The standard InChI is InChI=1S/C11H20ClNO4S/c1-3-17-11(14)7-13(10-4-5-10)18(15,16)8-9(2)6-12/h9-10H,3-8H2,1-2H3. The Hall–Kier alpha value is -0.330. The third-order valence-corrected chi connectivity index (χ3v) is 5.32. The fraction of sp³-hybridized carbons (Fsp3) is 0.909. The molecular weight excluding hydrogens is 278 g/mol. The zero-order valence-corrected chi connectivity index (χ0v) is 12.3. The first-order valence-corrected chi connectivity index (χ1v) is 8.26. The SMILES string of the molecule is CCOC(=O)CN(C1CC1)S(=O)(=O)CC(C)CCl. The van der Waals surface area contributed by atoms with E-state index in [1.165, 1.54) is 4.31 Å². The summed E-state index contributed by atoms with van der Waals surface area (Å²) in [5, 5.41) is 0. The lowest BCUT2D eigenvalue weighted by atomic mass is 10.3. The Morgan fingerprint density at radius 1 is 1.50 bits per heavy atom. The Balaban J connectivity index is 2.68. The van der Waals surface area contributed by atoms with Crippen LogP contribution in [0.4, 0.5) is 0 Å². The van der Waals surface area contributed by atoms with Crippen molar-refractivity contribution in [2.45, 2.75) is 32.7 Å². The summed E-state index contributed by atoms with van der Waals surface area (Å²) in [5.41, 5.74) is 0. The summed E-state index contributed by atoms with van der Waals surface area (Å²) in [5.74, 6) is -0.351. The van der Waals surface area contributed by atoms with Gasteiger partial charge in [0, 0.05) is 11.9 Å². The molecule has 0 heterocycles. The molecule has 0 aliphatic heterocycles. The van der Waals surface area contributed by atoms with E-state index in [-0.39, 0.29) is 36.7 Å². The topological polar surface area (TPSA) is 63.7 Å². The second kappa shape index (κ2) is 6.73. The van der Waals surface area contributed by atoms with Gasteiger partial charge in [-0.2, -0.15) is 4.31 Å². The van der Waals surface area contributed by atoms with Crippen molar-refractivity contribution in [3.05, 3.63) is 0 Å². The molecule has 1 aliphatic carbocycles. The number of sulfonamides is 1. The van der Waals surface area contributed by atoms with E-state index in [2.05, 4.69) is 0 Å². The van der Waals surface area contributed by atoms with Gasteiger partial charge in [-0.3, -0.25) is 4.79 Å². The molecule has 0 bridgehead atoms. The van der Waals surface area contributed by atoms with E-state index in [0.717, 1.165) is 12.8 Å². The number of alkyl halides is 1. The molecular formula is C11H20ClNO4S. The number of carbonyl (C=O) groups is 1. The van der Waals surface area contributed by atoms with Crippen LogP contribution in [0.25, 0.3) is 0 Å². The summed E-state index contributed by atoms with van der Waals surface area (Å²) < 4.78 is 30.4. The molecule has 7 heteroatoms. The van der Waals surface area contributed by atoms with Crippen LogP contribution in [0.3, 0.4) is 0 Å². The minimum atomic E-state index is -3.44. The average molecular weight is 298 g/mol. The van der Waals surface area contributed by atoms with Gasteiger partial charge in [0.25, 0.3) is 0 Å². The molecule has 1 aliphatic rings. The largest absolute Gasteiger partial charge is 0.465 e. The van der Waals surface area contributed by atoms with Crippen LogP contribution in [0.5, 0.6) is 0 Å². The van der Waals surface area contributed by atoms with Gasteiger partial charge < -0.3 is 4.74 Å². The van der Waals surface area contributed by atoms with E-state index in [1.54, 1.807) is 13.8 Å². The Morgan fingerprint density at radius 2 is 2.11 bits per heavy atom. The summed E-state index contributed by atoms with van der Waals surface area (Å²) in [7, 11) is -3.44. The number of esters is 1. The van der Waals surface area contributed by atoms with Crippen LogP contribution in [0.2, 0.25) is 0 Å². The minimum absolute atomic E-state index is 0.0214. The normalized spacial score (nSPS) is 17.8. The highest BCUT2D eigenvalue weighted by atomic mass is 35.5. The average Bonchev–Trinajstić information content (AvgIpc) is 3.09. The summed E-state index contributed by atoms with van der Waals surface area (Å²) >= 11 is 5.64. The molecule has 0 spiro atoms. The summed E-state index contributed by atoms with van der Waals surface area (Å²) in [4.78, 5) is 11.4. The molecule has 5 nitrogen and oxygen atoms in total. The van der Waals surface area contributed by atoms with E-state index in [4.69, 9.17) is 16.3 Å². The highest BCUT2D eigenvalue weighted by Crippen LogP contribution is 2.30. The highest BCUT2D eigenvalue weighted by molar-refractivity contribution is 7.89. The molecule has 18 heavy (non-hydrogen) atoms. The van der Waals surface area contributed by atoms with Gasteiger partial charge in [0.05, 0.1) is 12.4 Å². The van der Waals surface area contributed by atoms with E-state index in [0.29, 0.717) is 0 Å². The number of hydrogen-bond acceptors (Lipinski definition) is 4. The fourth-order valence-corrected chi connectivity index (χ4v) is 3.88. The smallest absolute Gasteiger partial charge is 0.321 e. The zero-order valence-electron chi connectivity index (χ0n) is 10.8. The van der Waals surface area contributed by atoms with Crippen molar-refractivity contribution in [3.63, 3.8) is 0 Å². The quantitative estimate of drug-likeness (QED) is 0.499. The lowest BCUT2D eigenvalue weighted by molar-refractivity contribution is -0.143. The zero-order chi connectivity index (χ0) is 13.8. The Kier molecular flexibility index (Phi) is 5.88. The first-order chi connectivity index (χ1) is 8.40. The van der Waals surface area contributed by atoms with Gasteiger partial charge in [0.15, 0.2) is 0 Å². The van der Waals surface area contributed by atoms with E-state index < -0.39 is 16.0 Å². The molecule has 1 unspecified atom stereocenters. The molecule has 1 rings (SSSR count). The maximum Gasteiger partial charge on any atom is 0.321 e. The number of ether oxygens (including phenoxy) is 1. The third-order valence-electron chi connectivity index (χ3n) is 2.66. The van der Waals surface area contributed by atoms with Crippen LogP contribution in [-0.4, -0.2) is 49.5 Å². The van der Waals surface area contributed by atoms with Crippen LogP contribution in [0.1, 0.15) is 26.7 Å². The summed E-state index contributed by atoms with van der Waals surface area (Å²) in [6.07, 6.45) is 1.63. The number of hydrogen-bond donors (Lipinski definition) is 0. The first kappa shape index (κ1) is 15.7. The fourth-order valence-electron chi connectivity index (χ4n) is 1.65. The molecule has 0 aromatic rings. The van der Waals surface area contributed by atoms with Gasteiger partial charge in [-0.15, -0.1) is 11.6 Å². The Labute approximate surface area is 113 Å².